The molecule has 2 amide bonds. The van der Waals surface area contributed by atoms with Gasteiger partial charge in [0.25, 0.3) is 5.91 Å². The van der Waals surface area contributed by atoms with E-state index >= 15 is 0 Å². The van der Waals surface area contributed by atoms with Gasteiger partial charge in [0, 0.05) is 25.1 Å². The highest BCUT2D eigenvalue weighted by molar-refractivity contribution is 5.95. The second kappa shape index (κ2) is 9.37. The number of amides is 2. The van der Waals surface area contributed by atoms with Crippen LogP contribution in [0.25, 0.3) is 0 Å². The standard InChI is InChI=1S/C23H26N2O4/c1-16-9-11-18(12-10-16)22(27)25-13-5-8-19(15-25)21(26)24-20(23(28)29)14-17-6-3-2-4-7-17/h2-4,6-7,9-12,19-20H,5,8,13-15H2,1H3,(H,24,26)(H,28,29)/t19?,20-/m1/s1. The molecule has 2 atom stereocenters. The van der Waals surface area contributed by atoms with Gasteiger partial charge in [-0.25, -0.2) is 4.79 Å². The Morgan fingerprint density at radius 2 is 1.79 bits per heavy atom. The Morgan fingerprint density at radius 3 is 2.45 bits per heavy atom. The molecule has 0 aliphatic carbocycles. The van der Waals surface area contributed by atoms with E-state index in [1.165, 1.54) is 0 Å². The van der Waals surface area contributed by atoms with E-state index in [0.717, 1.165) is 11.1 Å². The molecule has 1 aliphatic rings. The third-order valence-electron chi connectivity index (χ3n) is 5.28. The number of nitrogens with one attached hydrogen (secondary N) is 1. The van der Waals surface area contributed by atoms with E-state index in [1.54, 1.807) is 17.0 Å². The van der Waals surface area contributed by atoms with Gasteiger partial charge in [-0.05, 0) is 37.5 Å². The van der Waals surface area contributed by atoms with Crippen LogP contribution >= 0.6 is 0 Å². The number of hydrogen-bond donors (Lipinski definition) is 2. The highest BCUT2D eigenvalue weighted by Gasteiger charge is 2.31. The summed E-state index contributed by atoms with van der Waals surface area (Å²) in [5, 5.41) is 12.2. The Hall–Kier alpha value is -3.15. The molecular formula is C23H26N2O4. The number of carboxylic acid groups (broad SMARTS) is 1. The predicted molar refractivity (Wildman–Crippen MR) is 110 cm³/mol. The Labute approximate surface area is 170 Å². The number of aliphatic carboxylic acids is 1. The summed E-state index contributed by atoms with van der Waals surface area (Å²) < 4.78 is 0. The maximum absolute atomic E-state index is 12.8. The lowest BCUT2D eigenvalue weighted by atomic mass is 9.95. The fourth-order valence-corrected chi connectivity index (χ4v) is 3.59. The topological polar surface area (TPSA) is 86.7 Å². The summed E-state index contributed by atoms with van der Waals surface area (Å²) in [6, 6.07) is 15.6. The van der Waals surface area contributed by atoms with Crippen LogP contribution in [0.3, 0.4) is 0 Å². The van der Waals surface area contributed by atoms with Crippen molar-refractivity contribution in [1.82, 2.24) is 10.2 Å². The molecule has 2 aromatic rings. The van der Waals surface area contributed by atoms with Gasteiger partial charge in [0.2, 0.25) is 5.91 Å². The van der Waals surface area contributed by atoms with Crippen molar-refractivity contribution in [3.8, 4) is 0 Å². The SMILES string of the molecule is Cc1ccc(C(=O)N2CCCC(C(=O)N[C@H](Cc3ccccc3)C(=O)O)C2)cc1. The average molecular weight is 394 g/mol. The van der Waals surface area contributed by atoms with Gasteiger partial charge in [0.15, 0.2) is 0 Å². The van der Waals surface area contributed by atoms with E-state index in [9.17, 15) is 19.5 Å². The quantitative estimate of drug-likeness (QED) is 0.789. The summed E-state index contributed by atoms with van der Waals surface area (Å²) in [6.07, 6.45) is 1.58. The van der Waals surface area contributed by atoms with Crippen molar-refractivity contribution in [3.63, 3.8) is 0 Å². The van der Waals surface area contributed by atoms with E-state index in [0.29, 0.717) is 31.5 Å². The van der Waals surface area contributed by atoms with Crippen LogP contribution in [0.1, 0.15) is 34.3 Å². The first-order chi connectivity index (χ1) is 13.9. The molecule has 0 aromatic heterocycles. The molecular weight excluding hydrogens is 368 g/mol. The first kappa shape index (κ1) is 20.6. The van der Waals surface area contributed by atoms with Crippen LogP contribution in [0.4, 0.5) is 0 Å². The van der Waals surface area contributed by atoms with Crippen LogP contribution in [-0.2, 0) is 16.0 Å². The number of likely N-dealkylation sites (tertiary alicyclic amines) is 1. The first-order valence-corrected chi connectivity index (χ1v) is 9.87. The minimum Gasteiger partial charge on any atom is -0.480 e. The van der Waals surface area contributed by atoms with Crippen molar-refractivity contribution < 1.29 is 19.5 Å². The highest BCUT2D eigenvalue weighted by atomic mass is 16.4. The van der Waals surface area contributed by atoms with Gasteiger partial charge in [-0.3, -0.25) is 9.59 Å². The molecule has 1 heterocycles. The van der Waals surface area contributed by atoms with Gasteiger partial charge in [0.05, 0.1) is 5.92 Å². The summed E-state index contributed by atoms with van der Waals surface area (Å²) in [7, 11) is 0. The van der Waals surface area contributed by atoms with E-state index < -0.39 is 17.9 Å². The number of piperidine rings is 1. The van der Waals surface area contributed by atoms with Crippen LogP contribution in [0.15, 0.2) is 54.6 Å². The van der Waals surface area contributed by atoms with Gasteiger partial charge in [-0.2, -0.15) is 0 Å². The summed E-state index contributed by atoms with van der Waals surface area (Å²) in [5.41, 5.74) is 2.53. The Kier molecular flexibility index (Phi) is 6.65. The molecule has 1 unspecified atom stereocenters. The Balaban J connectivity index is 1.62. The fourth-order valence-electron chi connectivity index (χ4n) is 3.59. The smallest absolute Gasteiger partial charge is 0.326 e. The monoisotopic (exact) mass is 394 g/mol. The van der Waals surface area contributed by atoms with Crippen LogP contribution < -0.4 is 5.32 Å². The molecule has 0 radical (unpaired) electrons. The maximum atomic E-state index is 12.8. The molecule has 1 saturated heterocycles. The van der Waals surface area contributed by atoms with Gasteiger partial charge in [-0.15, -0.1) is 0 Å². The third kappa shape index (κ3) is 5.44. The molecule has 1 fully saturated rings. The van der Waals surface area contributed by atoms with E-state index in [4.69, 9.17) is 0 Å². The van der Waals surface area contributed by atoms with Gasteiger partial charge in [0.1, 0.15) is 6.04 Å². The van der Waals surface area contributed by atoms with Crippen molar-refractivity contribution >= 4 is 17.8 Å². The molecule has 29 heavy (non-hydrogen) atoms. The van der Waals surface area contributed by atoms with Gasteiger partial charge >= 0.3 is 5.97 Å². The van der Waals surface area contributed by atoms with Crippen LogP contribution in [-0.4, -0.2) is 46.9 Å². The molecule has 0 bridgehead atoms. The normalized spacial score (nSPS) is 17.4. The number of carbonyl (C=O) groups excluding carboxylic acids is 2. The predicted octanol–water partition coefficient (Wildman–Crippen LogP) is 2.66. The lowest BCUT2D eigenvalue weighted by Crippen LogP contribution is -2.50. The van der Waals surface area contributed by atoms with Gasteiger partial charge in [-0.1, -0.05) is 48.0 Å². The van der Waals surface area contributed by atoms with Gasteiger partial charge < -0.3 is 15.3 Å². The summed E-state index contributed by atoms with van der Waals surface area (Å²) >= 11 is 0. The summed E-state index contributed by atoms with van der Waals surface area (Å²) in [6.45, 7) is 2.86. The fraction of sp³-hybridized carbons (Fsp3) is 0.348. The zero-order valence-electron chi connectivity index (χ0n) is 16.5. The molecule has 1 aliphatic heterocycles. The second-order valence-electron chi connectivity index (χ2n) is 7.55. The summed E-state index contributed by atoms with van der Waals surface area (Å²) in [4.78, 5) is 38.8. The Morgan fingerprint density at radius 1 is 1.10 bits per heavy atom. The Bertz CT molecular complexity index is 864. The largest absolute Gasteiger partial charge is 0.480 e. The molecule has 3 rings (SSSR count). The van der Waals surface area contributed by atoms with E-state index in [1.807, 2.05) is 49.4 Å². The summed E-state index contributed by atoms with van der Waals surface area (Å²) in [5.74, 6) is -1.88. The molecule has 2 N–H and O–H groups in total. The lowest BCUT2D eigenvalue weighted by molar-refractivity contribution is -0.142. The number of hydrogen-bond acceptors (Lipinski definition) is 3. The maximum Gasteiger partial charge on any atom is 0.326 e. The van der Waals surface area contributed by atoms with Crippen molar-refractivity contribution in [1.29, 1.82) is 0 Å². The van der Waals surface area contributed by atoms with E-state index in [-0.39, 0.29) is 18.2 Å². The number of aryl methyl sites for hydroxylation is 1. The molecule has 2 aromatic carbocycles. The zero-order chi connectivity index (χ0) is 20.8. The molecule has 0 saturated carbocycles. The molecule has 0 spiro atoms. The zero-order valence-corrected chi connectivity index (χ0v) is 16.5. The number of rotatable bonds is 6. The van der Waals surface area contributed by atoms with Crippen molar-refractivity contribution in [2.75, 3.05) is 13.1 Å². The first-order valence-electron chi connectivity index (χ1n) is 9.87. The minimum absolute atomic E-state index is 0.0958. The van der Waals surface area contributed by atoms with Crippen LogP contribution in [0, 0.1) is 12.8 Å². The number of carbonyl (C=O) groups is 3. The lowest BCUT2D eigenvalue weighted by Gasteiger charge is -2.32. The van der Waals surface area contributed by atoms with Crippen LogP contribution in [0.2, 0.25) is 0 Å². The van der Waals surface area contributed by atoms with E-state index in [2.05, 4.69) is 5.32 Å². The number of benzene rings is 2. The highest BCUT2D eigenvalue weighted by Crippen LogP contribution is 2.19. The van der Waals surface area contributed by atoms with Crippen molar-refractivity contribution in [2.45, 2.75) is 32.2 Å². The third-order valence-corrected chi connectivity index (χ3v) is 5.28. The average Bonchev–Trinajstić information content (AvgIpc) is 2.74. The van der Waals surface area contributed by atoms with Crippen molar-refractivity contribution in [2.24, 2.45) is 5.92 Å². The number of nitrogens with zero attached hydrogens (tertiary/aromatic N) is 1. The molecule has 152 valence electrons. The minimum atomic E-state index is -1.06. The number of carboxylic acids is 1. The molecule has 6 nitrogen and oxygen atoms in total. The van der Waals surface area contributed by atoms with Crippen molar-refractivity contribution in [3.05, 3.63) is 71.3 Å². The molecule has 6 heteroatoms. The van der Waals surface area contributed by atoms with Crippen LogP contribution in [0.5, 0.6) is 0 Å². The second-order valence-corrected chi connectivity index (χ2v) is 7.55.